The lowest BCUT2D eigenvalue weighted by atomic mass is 10.0. The zero-order valence-electron chi connectivity index (χ0n) is 40.9. The number of esters is 1. The van der Waals surface area contributed by atoms with Gasteiger partial charge in [-0.3, -0.25) is 9.59 Å². The Kier molecular flexibility index (Phi) is 49.6. The summed E-state index contributed by atoms with van der Waals surface area (Å²) in [5.74, 6) is -0.0844. The van der Waals surface area contributed by atoms with Crippen molar-refractivity contribution in [3.63, 3.8) is 0 Å². The van der Waals surface area contributed by atoms with E-state index in [-0.39, 0.29) is 18.5 Å². The van der Waals surface area contributed by atoms with E-state index in [1.54, 1.807) is 0 Å². The molecule has 0 heterocycles. The van der Waals surface area contributed by atoms with Gasteiger partial charge in [-0.05, 0) is 77.0 Å². The van der Waals surface area contributed by atoms with Crippen molar-refractivity contribution < 1.29 is 24.5 Å². The van der Waals surface area contributed by atoms with E-state index >= 15 is 0 Å². The number of ether oxygens (including phenoxy) is 1. The van der Waals surface area contributed by atoms with E-state index in [4.69, 9.17) is 4.74 Å². The highest BCUT2D eigenvalue weighted by Crippen LogP contribution is 2.16. The van der Waals surface area contributed by atoms with Crippen molar-refractivity contribution >= 4 is 11.9 Å². The average Bonchev–Trinajstić information content (AvgIpc) is 3.26. The molecule has 0 aromatic heterocycles. The number of carbonyl (C=O) groups excluding carboxylic acids is 2. The van der Waals surface area contributed by atoms with Crippen LogP contribution in [-0.2, 0) is 14.3 Å². The maximum Gasteiger partial charge on any atom is 0.305 e. The molecule has 0 aliphatic heterocycles. The second-order valence-electron chi connectivity index (χ2n) is 18.6. The van der Waals surface area contributed by atoms with E-state index in [9.17, 15) is 19.8 Å². The first-order chi connectivity index (χ1) is 30.0. The molecular formula is C55H105NO5. The maximum absolute atomic E-state index is 12.4. The third-order valence-electron chi connectivity index (χ3n) is 12.5. The lowest BCUT2D eigenvalue weighted by molar-refractivity contribution is -0.143. The van der Waals surface area contributed by atoms with Crippen LogP contribution in [0.5, 0.6) is 0 Å². The Morgan fingerprint density at radius 1 is 0.443 bits per heavy atom. The summed E-state index contributed by atoms with van der Waals surface area (Å²) in [5.41, 5.74) is 0. The lowest BCUT2D eigenvalue weighted by Crippen LogP contribution is -2.45. The van der Waals surface area contributed by atoms with E-state index in [1.807, 2.05) is 0 Å². The fourth-order valence-corrected chi connectivity index (χ4v) is 8.28. The largest absolute Gasteiger partial charge is 0.466 e. The van der Waals surface area contributed by atoms with Crippen molar-refractivity contribution in [3.05, 3.63) is 24.3 Å². The molecule has 0 radical (unpaired) electrons. The second-order valence-corrected chi connectivity index (χ2v) is 18.6. The normalized spacial score (nSPS) is 12.8. The predicted octanol–water partition coefficient (Wildman–Crippen LogP) is 16.3. The van der Waals surface area contributed by atoms with Gasteiger partial charge in [0.1, 0.15) is 0 Å². The minimum absolute atomic E-state index is 0.0199. The third-order valence-corrected chi connectivity index (χ3v) is 12.5. The van der Waals surface area contributed by atoms with Crippen LogP contribution in [0.4, 0.5) is 0 Å². The van der Waals surface area contributed by atoms with Crippen molar-refractivity contribution in [1.29, 1.82) is 0 Å². The summed E-state index contributed by atoms with van der Waals surface area (Å²) in [4.78, 5) is 24.5. The number of allylic oxidation sites excluding steroid dienone is 4. The third kappa shape index (κ3) is 47.7. The molecule has 0 spiro atoms. The molecule has 0 aromatic rings. The zero-order valence-corrected chi connectivity index (χ0v) is 40.9. The Bertz CT molecular complexity index is 951. The fourth-order valence-electron chi connectivity index (χ4n) is 8.28. The quantitative estimate of drug-likeness (QED) is 0.0322. The number of hydrogen-bond donors (Lipinski definition) is 3. The average molecular weight is 860 g/mol. The number of rotatable bonds is 50. The Balaban J connectivity index is 3.49. The van der Waals surface area contributed by atoms with Gasteiger partial charge in [-0.1, -0.05) is 224 Å². The van der Waals surface area contributed by atoms with Crippen LogP contribution in [0.25, 0.3) is 0 Å². The first kappa shape index (κ1) is 59.3. The molecule has 2 unspecified atom stereocenters. The van der Waals surface area contributed by atoms with Gasteiger partial charge in [0.2, 0.25) is 5.91 Å². The molecule has 0 bridgehead atoms. The number of amides is 1. The van der Waals surface area contributed by atoms with Crippen LogP contribution in [0, 0.1) is 0 Å². The first-order valence-corrected chi connectivity index (χ1v) is 27.1. The molecule has 360 valence electrons. The molecule has 6 nitrogen and oxygen atoms in total. The summed E-state index contributed by atoms with van der Waals surface area (Å²) in [6.07, 6.45) is 60.1. The van der Waals surface area contributed by atoms with Gasteiger partial charge >= 0.3 is 5.97 Å². The molecule has 0 aliphatic rings. The van der Waals surface area contributed by atoms with Crippen LogP contribution in [0.15, 0.2) is 24.3 Å². The molecule has 0 aliphatic carbocycles. The highest BCUT2D eigenvalue weighted by molar-refractivity contribution is 5.76. The van der Waals surface area contributed by atoms with Crippen molar-refractivity contribution in [2.75, 3.05) is 13.2 Å². The predicted molar refractivity (Wildman–Crippen MR) is 264 cm³/mol. The van der Waals surface area contributed by atoms with E-state index in [0.29, 0.717) is 25.9 Å². The van der Waals surface area contributed by atoms with Crippen LogP contribution in [0.3, 0.4) is 0 Å². The molecule has 0 rings (SSSR count). The van der Waals surface area contributed by atoms with Crippen molar-refractivity contribution in [3.8, 4) is 0 Å². The first-order valence-electron chi connectivity index (χ1n) is 27.1. The van der Waals surface area contributed by atoms with Crippen LogP contribution < -0.4 is 5.32 Å². The molecule has 0 saturated heterocycles. The zero-order chi connectivity index (χ0) is 44.4. The van der Waals surface area contributed by atoms with Gasteiger partial charge in [0.25, 0.3) is 0 Å². The van der Waals surface area contributed by atoms with Crippen LogP contribution >= 0.6 is 0 Å². The van der Waals surface area contributed by atoms with Crippen LogP contribution in [0.2, 0.25) is 0 Å². The van der Waals surface area contributed by atoms with Gasteiger partial charge in [0.15, 0.2) is 0 Å². The molecule has 0 aromatic carbocycles. The number of aliphatic hydroxyl groups excluding tert-OH is 2. The van der Waals surface area contributed by atoms with Gasteiger partial charge in [-0.2, -0.15) is 0 Å². The van der Waals surface area contributed by atoms with Gasteiger partial charge in [0, 0.05) is 12.8 Å². The van der Waals surface area contributed by atoms with Gasteiger partial charge < -0.3 is 20.3 Å². The molecule has 3 N–H and O–H groups in total. The molecular weight excluding hydrogens is 755 g/mol. The highest BCUT2D eigenvalue weighted by Gasteiger charge is 2.20. The van der Waals surface area contributed by atoms with Crippen LogP contribution in [-0.4, -0.2) is 47.4 Å². The Morgan fingerprint density at radius 3 is 1.18 bits per heavy atom. The number of unbranched alkanes of at least 4 members (excludes halogenated alkanes) is 35. The number of hydrogen-bond acceptors (Lipinski definition) is 5. The lowest BCUT2D eigenvalue weighted by Gasteiger charge is -2.22. The Labute approximate surface area is 380 Å². The minimum Gasteiger partial charge on any atom is -0.466 e. The van der Waals surface area contributed by atoms with Gasteiger partial charge in [-0.25, -0.2) is 0 Å². The Morgan fingerprint density at radius 2 is 0.770 bits per heavy atom. The topological polar surface area (TPSA) is 95.9 Å². The van der Waals surface area contributed by atoms with Crippen molar-refractivity contribution in [1.82, 2.24) is 5.32 Å². The fraction of sp³-hybridized carbons (Fsp3) is 0.891. The SMILES string of the molecule is CCCCCCCCC/C=C\CCCCCCCC(=O)OCCCCCCCC/C=C\CCCCCC(=O)NC(CO)C(O)CCCCCCCCCCCCCCCCC. The maximum atomic E-state index is 12.4. The summed E-state index contributed by atoms with van der Waals surface area (Å²) in [6, 6.07) is -0.561. The number of carbonyl (C=O) groups is 2. The summed E-state index contributed by atoms with van der Waals surface area (Å²) < 4.78 is 5.46. The highest BCUT2D eigenvalue weighted by atomic mass is 16.5. The summed E-state index contributed by atoms with van der Waals surface area (Å²) in [6.45, 7) is 4.91. The molecule has 61 heavy (non-hydrogen) atoms. The minimum atomic E-state index is -0.681. The van der Waals surface area contributed by atoms with E-state index in [1.165, 1.54) is 186 Å². The van der Waals surface area contributed by atoms with E-state index in [0.717, 1.165) is 70.6 Å². The molecule has 0 saturated carbocycles. The molecule has 1 amide bonds. The van der Waals surface area contributed by atoms with E-state index in [2.05, 4.69) is 43.5 Å². The van der Waals surface area contributed by atoms with Gasteiger partial charge in [0.05, 0.1) is 25.4 Å². The molecule has 6 heteroatoms. The summed E-state index contributed by atoms with van der Waals surface area (Å²) in [7, 11) is 0. The Hall–Kier alpha value is -1.66. The molecule has 2 atom stereocenters. The van der Waals surface area contributed by atoms with Gasteiger partial charge in [-0.15, -0.1) is 0 Å². The summed E-state index contributed by atoms with van der Waals surface area (Å²) in [5, 5.41) is 23.2. The smallest absolute Gasteiger partial charge is 0.305 e. The van der Waals surface area contributed by atoms with Crippen LogP contribution in [0.1, 0.15) is 290 Å². The second kappa shape index (κ2) is 51.0. The number of aliphatic hydroxyl groups is 2. The van der Waals surface area contributed by atoms with E-state index < -0.39 is 12.1 Å². The van der Waals surface area contributed by atoms with Crippen molar-refractivity contribution in [2.24, 2.45) is 0 Å². The molecule has 0 fully saturated rings. The summed E-state index contributed by atoms with van der Waals surface area (Å²) >= 11 is 0. The monoisotopic (exact) mass is 860 g/mol. The van der Waals surface area contributed by atoms with Crippen molar-refractivity contribution in [2.45, 2.75) is 302 Å². The number of nitrogens with one attached hydrogen (secondary N) is 1. The standard InChI is InChI=1S/C55H105NO5/c1-3-5-7-9-11-13-15-17-19-21-25-29-33-37-41-45-49-55(60)61-50-46-42-38-34-30-26-22-24-28-32-36-40-44-48-54(59)56-52(51-57)53(58)47-43-39-35-31-27-23-20-18-16-14-12-10-8-6-4-2/h19,21,24,28,52-53,57-58H,3-18,20,22-23,25-27,29-51H2,1-2H3,(H,56,59)/b21-19-,28-24-.